The molecule has 0 saturated heterocycles. The molecule has 6 aromatic rings. The van der Waals surface area contributed by atoms with Crippen molar-refractivity contribution < 1.29 is 46.2 Å². The maximum absolute atomic E-state index is 14.1. The molecule has 6 aliphatic rings. The third-order valence-corrected chi connectivity index (χ3v) is 17.9. The number of ketones is 4. The van der Waals surface area contributed by atoms with Gasteiger partial charge in [0.15, 0.2) is 46.4 Å². The van der Waals surface area contributed by atoms with Gasteiger partial charge in [0.25, 0.3) is 0 Å². The smallest absolute Gasteiger partial charge is 0.197 e. The molecule has 2 spiro atoms. The van der Waals surface area contributed by atoms with Crippen LogP contribution in [0.3, 0.4) is 0 Å². The van der Waals surface area contributed by atoms with Gasteiger partial charge in [-0.15, -0.1) is 45.3 Å². The highest BCUT2D eigenvalue weighted by Gasteiger charge is 2.51. The molecule has 2 aliphatic heterocycles. The fraction of sp³-hybridized carbons (Fsp3) is 0.261. The van der Waals surface area contributed by atoms with E-state index < -0.39 is 57.6 Å². The van der Waals surface area contributed by atoms with Crippen LogP contribution in [-0.4, -0.2) is 23.1 Å². The number of halogens is 4. The van der Waals surface area contributed by atoms with E-state index in [1.54, 1.807) is 22.7 Å². The average Bonchev–Trinajstić information content (AvgIpc) is 4.07. The van der Waals surface area contributed by atoms with Gasteiger partial charge in [-0.25, -0.2) is 17.6 Å². The Morgan fingerprint density at radius 2 is 0.783 bits per heavy atom. The summed E-state index contributed by atoms with van der Waals surface area (Å²) in [6.45, 7) is 0. The molecule has 6 nitrogen and oxygen atoms in total. The SMILES string of the molecule is O=C1C(=Cc2cc3c(s2)-c2sc4c5c(sc4c2C2(CCCCC2)O3)-c2sc(C=C3C(=O)c4cc(F)c(F)cc4C3=O)cc2OC52CCCCC2)C(=O)c2cc(F)c(F)cc21. The van der Waals surface area contributed by atoms with Crippen LogP contribution in [-0.2, 0) is 11.2 Å². The van der Waals surface area contributed by atoms with Crippen LogP contribution in [0, 0.1) is 23.3 Å². The molecule has 6 heterocycles. The summed E-state index contributed by atoms with van der Waals surface area (Å²) in [6.07, 6.45) is 12.4. The maximum Gasteiger partial charge on any atom is 0.197 e. The second-order valence-corrected chi connectivity index (χ2v) is 20.5. The molecule has 4 aromatic heterocycles. The van der Waals surface area contributed by atoms with Crippen LogP contribution in [0.1, 0.15) is 127 Å². The summed E-state index contributed by atoms with van der Waals surface area (Å²) in [5.74, 6) is -5.94. The van der Waals surface area contributed by atoms with Crippen molar-refractivity contribution in [2.75, 3.05) is 0 Å². The second-order valence-electron chi connectivity index (χ2n) is 16.3. The topological polar surface area (TPSA) is 86.7 Å². The van der Waals surface area contributed by atoms with Crippen molar-refractivity contribution in [3.63, 3.8) is 0 Å². The van der Waals surface area contributed by atoms with Crippen molar-refractivity contribution in [1.82, 2.24) is 0 Å². The maximum atomic E-state index is 14.1. The van der Waals surface area contributed by atoms with Crippen LogP contribution in [0.25, 0.3) is 41.1 Å². The first-order valence-corrected chi connectivity index (χ1v) is 23.1. The van der Waals surface area contributed by atoms with E-state index in [2.05, 4.69) is 0 Å². The number of fused-ring (bicyclic) bond motifs is 13. The highest BCUT2D eigenvalue weighted by atomic mass is 32.1. The van der Waals surface area contributed by atoms with Gasteiger partial charge in [-0.1, -0.05) is 12.8 Å². The highest BCUT2D eigenvalue weighted by molar-refractivity contribution is 7.34. The molecule has 0 unspecified atom stereocenters. The van der Waals surface area contributed by atoms with Gasteiger partial charge in [0, 0.05) is 43.1 Å². The molecule has 2 aromatic carbocycles. The van der Waals surface area contributed by atoms with Crippen LogP contribution in [0.5, 0.6) is 11.5 Å². The minimum Gasteiger partial charge on any atom is -0.481 e. The molecule has 60 heavy (non-hydrogen) atoms. The van der Waals surface area contributed by atoms with Crippen LogP contribution < -0.4 is 9.47 Å². The van der Waals surface area contributed by atoms with Gasteiger partial charge >= 0.3 is 0 Å². The molecule has 0 atom stereocenters. The van der Waals surface area contributed by atoms with Gasteiger partial charge < -0.3 is 9.47 Å². The standard InChI is InChI=1S/C46H28F4O6S4/c47-27-15-21-22(16-28(27)48)36(52)25(35(21)51)11-19-13-31-39(57-19)41-33(45(55-31)7-3-1-4-8-45)43-44(59-41)34-42(60-43)40-32(56-46(34)9-5-2-6-10-46)14-20(58-40)12-26-37(53)23-17-29(49)30(50)18-24(23)38(26)54/h11-18H,1-10H2. The third kappa shape index (κ3) is 5.01. The molecule has 2 saturated carbocycles. The number of allylic oxidation sites excluding steroid dienone is 2. The van der Waals surface area contributed by atoms with Gasteiger partial charge in [-0.3, -0.25) is 19.2 Å². The number of hydrogen-bond donors (Lipinski definition) is 0. The number of carbonyl (C=O) groups excluding carboxylic acids is 4. The lowest BCUT2D eigenvalue weighted by atomic mass is 9.76. The normalized spacial score (nSPS) is 19.3. The first-order valence-electron chi connectivity index (χ1n) is 19.8. The lowest BCUT2D eigenvalue weighted by molar-refractivity contribution is 0.0257. The van der Waals surface area contributed by atoms with Gasteiger partial charge in [0.05, 0.1) is 40.1 Å². The minimum absolute atomic E-state index is 0.144. The quantitative estimate of drug-likeness (QED) is 0.0978. The Kier molecular flexibility index (Phi) is 7.82. The van der Waals surface area contributed by atoms with Gasteiger partial charge in [-0.2, -0.15) is 0 Å². The van der Waals surface area contributed by atoms with E-state index in [9.17, 15) is 36.7 Å². The van der Waals surface area contributed by atoms with Crippen molar-refractivity contribution >= 4 is 90.0 Å². The van der Waals surface area contributed by atoms with E-state index in [1.165, 1.54) is 34.8 Å². The molecule has 14 heteroatoms. The summed E-state index contributed by atoms with van der Waals surface area (Å²) in [5.41, 5.74) is 0.205. The largest absolute Gasteiger partial charge is 0.481 e. The number of thiophene rings is 4. The van der Waals surface area contributed by atoms with E-state index in [0.717, 1.165) is 129 Å². The van der Waals surface area contributed by atoms with Gasteiger partial charge in [0.1, 0.15) is 22.7 Å². The first-order chi connectivity index (χ1) is 28.9. The minimum atomic E-state index is -1.18. The Morgan fingerprint density at radius 3 is 1.12 bits per heavy atom. The molecule has 4 aliphatic carbocycles. The van der Waals surface area contributed by atoms with E-state index in [0.29, 0.717) is 21.3 Å². The highest BCUT2D eigenvalue weighted by Crippen LogP contribution is 2.66. The summed E-state index contributed by atoms with van der Waals surface area (Å²) >= 11 is 6.27. The zero-order valence-corrected chi connectivity index (χ0v) is 34.6. The Hall–Kier alpha value is -5.02. The van der Waals surface area contributed by atoms with Crippen molar-refractivity contribution in [3.05, 3.63) is 114 Å². The van der Waals surface area contributed by atoms with E-state index in [1.807, 2.05) is 12.1 Å². The van der Waals surface area contributed by atoms with E-state index >= 15 is 0 Å². The number of benzene rings is 2. The summed E-state index contributed by atoms with van der Waals surface area (Å²) in [7, 11) is 0. The lowest BCUT2D eigenvalue weighted by Gasteiger charge is -2.41. The predicted molar refractivity (Wildman–Crippen MR) is 223 cm³/mol. The first kappa shape index (κ1) is 36.8. The van der Waals surface area contributed by atoms with Crippen LogP contribution in [0.15, 0.2) is 47.5 Å². The molecule has 2 fully saturated rings. The molecule has 300 valence electrons. The third-order valence-electron chi connectivity index (χ3n) is 12.9. The molecule has 12 rings (SSSR count). The van der Waals surface area contributed by atoms with Crippen LogP contribution >= 0.6 is 45.3 Å². The Balaban J connectivity index is 1.000. The van der Waals surface area contributed by atoms with Crippen molar-refractivity contribution in [3.8, 4) is 31.0 Å². The number of rotatable bonds is 2. The molecule has 0 bridgehead atoms. The summed E-state index contributed by atoms with van der Waals surface area (Å²) in [5, 5.41) is 0. The molecular formula is C46H28F4O6S4. The summed E-state index contributed by atoms with van der Waals surface area (Å²) < 4.78 is 72.9. The number of ether oxygens (including phenoxy) is 2. The Morgan fingerprint density at radius 1 is 0.450 bits per heavy atom. The fourth-order valence-corrected chi connectivity index (χ4v) is 15.7. The van der Waals surface area contributed by atoms with Crippen molar-refractivity contribution in [2.24, 2.45) is 0 Å². The number of carbonyl (C=O) groups is 4. The Labute approximate surface area is 354 Å². The zero-order valence-electron chi connectivity index (χ0n) is 31.3. The number of Topliss-reactive ketones (excluding diaryl/α,β-unsaturated/α-hetero) is 4. The van der Waals surface area contributed by atoms with Crippen molar-refractivity contribution in [2.45, 2.75) is 75.4 Å². The molecule has 0 amide bonds. The van der Waals surface area contributed by atoms with E-state index in [4.69, 9.17) is 9.47 Å². The lowest BCUT2D eigenvalue weighted by Crippen LogP contribution is -2.37. The second kappa shape index (κ2) is 12.8. The van der Waals surface area contributed by atoms with E-state index in [-0.39, 0.29) is 33.4 Å². The van der Waals surface area contributed by atoms with Crippen molar-refractivity contribution in [1.29, 1.82) is 0 Å². The average molecular weight is 881 g/mol. The zero-order chi connectivity index (χ0) is 41.0. The number of hydrogen-bond acceptors (Lipinski definition) is 10. The molecule has 0 N–H and O–H groups in total. The fourth-order valence-electron chi connectivity index (χ4n) is 10.1. The summed E-state index contributed by atoms with van der Waals surface area (Å²) in [4.78, 5) is 58.5. The predicted octanol–water partition coefficient (Wildman–Crippen LogP) is 13.0. The monoisotopic (exact) mass is 880 g/mol. The Bertz CT molecular complexity index is 2800. The molecule has 0 radical (unpaired) electrons. The van der Waals surface area contributed by atoms with Crippen LogP contribution in [0.2, 0.25) is 0 Å². The summed E-state index contributed by atoms with van der Waals surface area (Å²) in [6, 6.07) is 6.88. The van der Waals surface area contributed by atoms with Crippen LogP contribution in [0.4, 0.5) is 17.6 Å². The molecular weight excluding hydrogens is 853 g/mol. The van der Waals surface area contributed by atoms with Gasteiger partial charge in [-0.05, 0) is 99.9 Å². The van der Waals surface area contributed by atoms with Gasteiger partial charge in [0.2, 0.25) is 0 Å².